The molecule has 4 nitrogen and oxygen atoms in total. The molecule has 0 aliphatic heterocycles. The number of hydrogen-bond donors (Lipinski definition) is 0. The summed E-state index contributed by atoms with van der Waals surface area (Å²) in [6, 6.07) is 11.1. The molecule has 0 saturated heterocycles. The molecule has 0 unspecified atom stereocenters. The molecule has 1 aromatic carbocycles. The van der Waals surface area contributed by atoms with Crippen LogP contribution in [0.5, 0.6) is 0 Å². The van der Waals surface area contributed by atoms with Crippen molar-refractivity contribution in [1.29, 1.82) is 0 Å². The third-order valence-corrected chi connectivity index (χ3v) is 3.25. The highest BCUT2D eigenvalue weighted by Gasteiger charge is 2.11. The second-order valence-corrected chi connectivity index (χ2v) is 4.74. The summed E-state index contributed by atoms with van der Waals surface area (Å²) >= 11 is 0. The van der Waals surface area contributed by atoms with Gasteiger partial charge in [-0.15, -0.1) is 0 Å². The van der Waals surface area contributed by atoms with Gasteiger partial charge in [0.15, 0.2) is 0 Å². The topological polar surface area (TPSA) is 52.3 Å². The second-order valence-electron chi connectivity index (χ2n) is 4.74. The number of aryl methyl sites for hydroxylation is 1. The van der Waals surface area contributed by atoms with Crippen molar-refractivity contribution in [3.8, 4) is 11.3 Å². The Morgan fingerprint density at radius 3 is 2.71 bits per heavy atom. The molecule has 2 aromatic heterocycles. The average Bonchev–Trinajstić information content (AvgIpc) is 2.95. The first-order valence-corrected chi connectivity index (χ1v) is 6.81. The van der Waals surface area contributed by atoms with Crippen LogP contribution in [0.1, 0.15) is 23.0 Å². The number of carbonyl (C=O) groups is 1. The summed E-state index contributed by atoms with van der Waals surface area (Å²) in [4.78, 5) is 16.2. The van der Waals surface area contributed by atoms with E-state index in [-0.39, 0.29) is 5.97 Å². The maximum Gasteiger partial charge on any atom is 0.338 e. The number of fused-ring (bicyclic) bond motifs is 1. The fourth-order valence-electron chi connectivity index (χ4n) is 2.29. The molecule has 21 heavy (non-hydrogen) atoms. The van der Waals surface area contributed by atoms with E-state index in [1.165, 1.54) is 0 Å². The molecule has 0 atom stereocenters. The third-order valence-electron chi connectivity index (χ3n) is 3.25. The number of rotatable bonds is 3. The minimum Gasteiger partial charge on any atom is -0.464 e. The van der Waals surface area contributed by atoms with Crippen LogP contribution in [0.4, 0.5) is 0 Å². The first kappa shape index (κ1) is 13.4. The number of furan rings is 1. The van der Waals surface area contributed by atoms with E-state index < -0.39 is 0 Å². The second kappa shape index (κ2) is 5.40. The zero-order chi connectivity index (χ0) is 14.8. The lowest BCUT2D eigenvalue weighted by atomic mass is 10.1. The number of esters is 1. The van der Waals surface area contributed by atoms with Crippen LogP contribution in [0.2, 0.25) is 0 Å². The Labute approximate surface area is 122 Å². The van der Waals surface area contributed by atoms with Gasteiger partial charge in [0.05, 0.1) is 24.1 Å². The molecule has 4 heteroatoms. The van der Waals surface area contributed by atoms with Crippen molar-refractivity contribution in [3.05, 3.63) is 53.9 Å². The lowest BCUT2D eigenvalue weighted by Gasteiger charge is -2.06. The Bertz CT molecular complexity index is 787. The summed E-state index contributed by atoms with van der Waals surface area (Å²) in [6.07, 6.45) is 1.66. The summed E-state index contributed by atoms with van der Waals surface area (Å²) in [6.45, 7) is 4.09. The van der Waals surface area contributed by atoms with E-state index in [9.17, 15) is 4.79 Å². The molecule has 0 spiro atoms. The van der Waals surface area contributed by atoms with E-state index >= 15 is 0 Å². The van der Waals surface area contributed by atoms with Gasteiger partial charge in [-0.3, -0.25) is 4.98 Å². The van der Waals surface area contributed by atoms with Crippen molar-refractivity contribution < 1.29 is 13.9 Å². The molecule has 0 aliphatic carbocycles. The molecule has 0 saturated carbocycles. The molecule has 0 fully saturated rings. The van der Waals surface area contributed by atoms with Crippen LogP contribution < -0.4 is 0 Å². The standard InChI is InChI=1S/C17H15NO3/c1-3-20-17(19)13-6-4-12(5-7-13)16-14-8-9-21-15(14)10-11(2)18-16/h4-10H,3H2,1-2H3. The summed E-state index contributed by atoms with van der Waals surface area (Å²) in [5.74, 6) is -0.310. The largest absolute Gasteiger partial charge is 0.464 e. The summed E-state index contributed by atoms with van der Waals surface area (Å²) in [5.41, 5.74) is 4.04. The molecule has 0 amide bonds. The van der Waals surface area contributed by atoms with Crippen molar-refractivity contribution in [1.82, 2.24) is 4.98 Å². The van der Waals surface area contributed by atoms with E-state index in [4.69, 9.17) is 9.15 Å². The highest BCUT2D eigenvalue weighted by molar-refractivity contribution is 5.93. The Kier molecular flexibility index (Phi) is 3.44. The quantitative estimate of drug-likeness (QED) is 0.681. The SMILES string of the molecule is CCOC(=O)c1ccc(-c2nc(C)cc3occc23)cc1. The van der Waals surface area contributed by atoms with Crippen LogP contribution in [0.25, 0.3) is 22.2 Å². The minimum absolute atomic E-state index is 0.310. The van der Waals surface area contributed by atoms with Gasteiger partial charge in [0.1, 0.15) is 5.58 Å². The number of nitrogens with zero attached hydrogens (tertiary/aromatic N) is 1. The van der Waals surface area contributed by atoms with Gasteiger partial charge in [0.25, 0.3) is 0 Å². The first-order chi connectivity index (χ1) is 10.2. The van der Waals surface area contributed by atoms with Crippen molar-refractivity contribution >= 4 is 16.9 Å². The van der Waals surface area contributed by atoms with Gasteiger partial charge in [-0.1, -0.05) is 12.1 Å². The van der Waals surface area contributed by atoms with Gasteiger partial charge < -0.3 is 9.15 Å². The van der Waals surface area contributed by atoms with E-state index in [1.54, 1.807) is 25.3 Å². The Balaban J connectivity index is 2.03. The lowest BCUT2D eigenvalue weighted by Crippen LogP contribution is -2.04. The van der Waals surface area contributed by atoms with Gasteiger partial charge in [-0.25, -0.2) is 4.79 Å². The molecule has 3 rings (SSSR count). The number of aromatic nitrogens is 1. The molecule has 0 aliphatic rings. The number of benzene rings is 1. The van der Waals surface area contributed by atoms with Crippen molar-refractivity contribution in [2.75, 3.05) is 6.61 Å². The highest BCUT2D eigenvalue weighted by atomic mass is 16.5. The first-order valence-electron chi connectivity index (χ1n) is 6.81. The number of hydrogen-bond acceptors (Lipinski definition) is 4. The minimum atomic E-state index is -0.310. The highest BCUT2D eigenvalue weighted by Crippen LogP contribution is 2.28. The van der Waals surface area contributed by atoms with Gasteiger partial charge in [-0.2, -0.15) is 0 Å². The van der Waals surface area contributed by atoms with E-state index in [0.29, 0.717) is 12.2 Å². The fraction of sp³-hybridized carbons (Fsp3) is 0.176. The van der Waals surface area contributed by atoms with Crippen LogP contribution in [0.3, 0.4) is 0 Å². The van der Waals surface area contributed by atoms with Gasteiger partial charge >= 0.3 is 5.97 Å². The Hall–Kier alpha value is -2.62. The summed E-state index contributed by atoms with van der Waals surface area (Å²) in [7, 11) is 0. The predicted molar refractivity (Wildman–Crippen MR) is 80.1 cm³/mol. The Morgan fingerprint density at radius 2 is 2.00 bits per heavy atom. The fourth-order valence-corrected chi connectivity index (χ4v) is 2.29. The molecule has 3 aromatic rings. The summed E-state index contributed by atoms with van der Waals surface area (Å²) < 4.78 is 10.4. The van der Waals surface area contributed by atoms with Gasteiger partial charge in [0.2, 0.25) is 0 Å². The van der Waals surface area contributed by atoms with Crippen LogP contribution >= 0.6 is 0 Å². The zero-order valence-electron chi connectivity index (χ0n) is 11.9. The van der Waals surface area contributed by atoms with Crippen molar-refractivity contribution in [2.45, 2.75) is 13.8 Å². The van der Waals surface area contributed by atoms with E-state index in [0.717, 1.165) is 27.9 Å². The van der Waals surface area contributed by atoms with E-state index in [1.807, 2.05) is 31.2 Å². The smallest absolute Gasteiger partial charge is 0.338 e. The third kappa shape index (κ3) is 2.52. The summed E-state index contributed by atoms with van der Waals surface area (Å²) in [5, 5.41) is 0.962. The van der Waals surface area contributed by atoms with Crippen LogP contribution in [-0.4, -0.2) is 17.6 Å². The molecule has 2 heterocycles. The number of carbonyl (C=O) groups excluding carboxylic acids is 1. The maximum atomic E-state index is 11.7. The van der Waals surface area contributed by atoms with Crippen molar-refractivity contribution in [3.63, 3.8) is 0 Å². The normalized spacial score (nSPS) is 10.8. The molecular weight excluding hydrogens is 266 g/mol. The molecule has 0 bridgehead atoms. The molecular formula is C17H15NO3. The van der Waals surface area contributed by atoms with Gasteiger partial charge in [0, 0.05) is 22.7 Å². The predicted octanol–water partition coefficient (Wildman–Crippen LogP) is 3.98. The van der Waals surface area contributed by atoms with Gasteiger partial charge in [-0.05, 0) is 32.0 Å². The Morgan fingerprint density at radius 1 is 1.24 bits per heavy atom. The maximum absolute atomic E-state index is 11.7. The zero-order valence-corrected chi connectivity index (χ0v) is 11.9. The van der Waals surface area contributed by atoms with Crippen LogP contribution in [0.15, 0.2) is 47.1 Å². The lowest BCUT2D eigenvalue weighted by molar-refractivity contribution is 0.0526. The average molecular weight is 281 g/mol. The van der Waals surface area contributed by atoms with Crippen LogP contribution in [0, 0.1) is 6.92 Å². The monoisotopic (exact) mass is 281 g/mol. The molecule has 0 N–H and O–H groups in total. The molecule has 106 valence electrons. The van der Waals surface area contributed by atoms with Crippen molar-refractivity contribution in [2.24, 2.45) is 0 Å². The van der Waals surface area contributed by atoms with Crippen LogP contribution in [-0.2, 0) is 4.74 Å². The molecule has 0 radical (unpaired) electrons. The van der Waals surface area contributed by atoms with E-state index in [2.05, 4.69) is 4.98 Å². The number of ether oxygens (including phenoxy) is 1. The number of pyridine rings is 1.